The van der Waals surface area contributed by atoms with Gasteiger partial charge in [-0.1, -0.05) is 18.2 Å². The Hall–Kier alpha value is -2.27. The van der Waals surface area contributed by atoms with Gasteiger partial charge in [0.15, 0.2) is 0 Å². The van der Waals surface area contributed by atoms with E-state index in [0.717, 1.165) is 24.2 Å². The van der Waals surface area contributed by atoms with Crippen LogP contribution in [0.2, 0.25) is 0 Å². The Balaban J connectivity index is 1.63. The van der Waals surface area contributed by atoms with Gasteiger partial charge in [0.25, 0.3) is 0 Å². The fourth-order valence-electron chi connectivity index (χ4n) is 3.16. The zero-order valence-corrected chi connectivity index (χ0v) is 13.6. The molecule has 126 valence electrons. The lowest BCUT2D eigenvalue weighted by atomic mass is 10.1. The molecule has 1 saturated heterocycles. The average Bonchev–Trinajstić information content (AvgIpc) is 3.12. The minimum atomic E-state index is -0.237. The van der Waals surface area contributed by atoms with Crippen LogP contribution in [0.3, 0.4) is 0 Å². The van der Waals surface area contributed by atoms with E-state index < -0.39 is 0 Å². The molecule has 1 aromatic carbocycles. The number of rotatable bonds is 6. The quantitative estimate of drug-likeness (QED) is 0.887. The molecule has 0 radical (unpaired) electrons. The van der Waals surface area contributed by atoms with Crippen LogP contribution in [-0.4, -0.2) is 35.4 Å². The number of nitrogens with zero attached hydrogens (tertiary/aromatic N) is 2. The molecular formula is C19H22FN3O. The van der Waals surface area contributed by atoms with Gasteiger partial charge in [0, 0.05) is 18.9 Å². The van der Waals surface area contributed by atoms with Crippen molar-refractivity contribution in [2.75, 3.05) is 19.6 Å². The van der Waals surface area contributed by atoms with Crippen molar-refractivity contribution in [3.05, 3.63) is 65.7 Å². The summed E-state index contributed by atoms with van der Waals surface area (Å²) in [5.41, 5.74) is 1.94. The number of carbonyl (C=O) groups excluding carboxylic acids is 1. The van der Waals surface area contributed by atoms with E-state index in [2.05, 4.69) is 15.2 Å². The third-order valence-electron chi connectivity index (χ3n) is 4.42. The first-order valence-corrected chi connectivity index (χ1v) is 8.37. The molecule has 0 spiro atoms. The van der Waals surface area contributed by atoms with Crippen LogP contribution >= 0.6 is 0 Å². The first kappa shape index (κ1) is 16.6. The van der Waals surface area contributed by atoms with Crippen molar-refractivity contribution in [3.8, 4) is 0 Å². The highest BCUT2D eigenvalue weighted by Crippen LogP contribution is 2.24. The molecule has 1 N–H and O–H groups in total. The number of carbonyl (C=O) groups is 1. The predicted molar refractivity (Wildman–Crippen MR) is 90.9 cm³/mol. The fraction of sp³-hybridized carbons (Fsp3) is 0.368. The molecule has 0 saturated carbocycles. The number of nitrogens with one attached hydrogen (secondary N) is 1. The second-order valence-corrected chi connectivity index (χ2v) is 6.15. The number of benzene rings is 1. The molecule has 1 unspecified atom stereocenters. The van der Waals surface area contributed by atoms with E-state index >= 15 is 0 Å². The Morgan fingerprint density at radius 2 is 1.96 bits per heavy atom. The zero-order chi connectivity index (χ0) is 16.8. The molecule has 1 atom stereocenters. The predicted octanol–water partition coefficient (Wildman–Crippen LogP) is 2.72. The van der Waals surface area contributed by atoms with E-state index in [1.165, 1.54) is 25.0 Å². The van der Waals surface area contributed by atoms with Gasteiger partial charge in [0.05, 0.1) is 12.5 Å². The molecule has 5 heteroatoms. The molecule has 0 aliphatic carbocycles. The normalized spacial score (nSPS) is 16.0. The van der Waals surface area contributed by atoms with Gasteiger partial charge < -0.3 is 5.32 Å². The summed E-state index contributed by atoms with van der Waals surface area (Å²) >= 11 is 0. The van der Waals surface area contributed by atoms with Crippen LogP contribution in [0.1, 0.15) is 30.0 Å². The highest BCUT2D eigenvalue weighted by atomic mass is 19.1. The summed E-state index contributed by atoms with van der Waals surface area (Å²) < 4.78 is 13.2. The van der Waals surface area contributed by atoms with E-state index in [1.807, 2.05) is 24.3 Å². The van der Waals surface area contributed by atoms with Gasteiger partial charge in [0.2, 0.25) is 5.91 Å². The molecule has 1 aromatic heterocycles. The summed E-state index contributed by atoms with van der Waals surface area (Å²) in [6.07, 6.45) is 6.06. The first-order chi connectivity index (χ1) is 11.7. The Morgan fingerprint density at radius 1 is 1.21 bits per heavy atom. The van der Waals surface area contributed by atoms with Crippen molar-refractivity contribution in [1.29, 1.82) is 0 Å². The number of pyridine rings is 1. The summed E-state index contributed by atoms with van der Waals surface area (Å²) in [5.74, 6) is -0.256. The summed E-state index contributed by atoms with van der Waals surface area (Å²) in [5, 5.41) is 3.02. The third kappa shape index (κ3) is 4.38. The molecular weight excluding hydrogens is 305 g/mol. The molecule has 1 amide bonds. The van der Waals surface area contributed by atoms with Gasteiger partial charge in [-0.25, -0.2) is 4.39 Å². The smallest absolute Gasteiger partial charge is 0.224 e. The standard InChI is InChI=1S/C19H22FN3O/c20-17-7-5-16(6-8-17)18(23-10-1-2-11-23)14-22-19(24)12-15-4-3-9-21-13-15/h3-9,13,18H,1-2,10-12,14H2,(H,22,24). The van der Waals surface area contributed by atoms with E-state index in [0.29, 0.717) is 13.0 Å². The summed E-state index contributed by atoms with van der Waals surface area (Å²) in [6.45, 7) is 2.56. The van der Waals surface area contributed by atoms with Crippen molar-refractivity contribution in [2.24, 2.45) is 0 Å². The lowest BCUT2D eigenvalue weighted by molar-refractivity contribution is -0.120. The highest BCUT2D eigenvalue weighted by molar-refractivity contribution is 5.78. The monoisotopic (exact) mass is 327 g/mol. The second kappa shape index (κ2) is 8.02. The lowest BCUT2D eigenvalue weighted by Crippen LogP contribution is -2.37. The van der Waals surface area contributed by atoms with Gasteiger partial charge in [-0.15, -0.1) is 0 Å². The first-order valence-electron chi connectivity index (χ1n) is 8.37. The second-order valence-electron chi connectivity index (χ2n) is 6.15. The largest absolute Gasteiger partial charge is 0.354 e. The van der Waals surface area contributed by atoms with Crippen LogP contribution in [0.15, 0.2) is 48.8 Å². The fourth-order valence-corrected chi connectivity index (χ4v) is 3.16. The Labute approximate surface area is 141 Å². The zero-order valence-electron chi connectivity index (χ0n) is 13.6. The van der Waals surface area contributed by atoms with Gasteiger partial charge >= 0.3 is 0 Å². The number of amides is 1. The van der Waals surface area contributed by atoms with Crippen LogP contribution in [0.4, 0.5) is 4.39 Å². The molecule has 3 rings (SSSR count). The maximum absolute atomic E-state index is 13.2. The maximum atomic E-state index is 13.2. The van der Waals surface area contributed by atoms with Gasteiger partial charge in [-0.2, -0.15) is 0 Å². The Morgan fingerprint density at radius 3 is 2.62 bits per heavy atom. The maximum Gasteiger partial charge on any atom is 0.224 e. The summed E-state index contributed by atoms with van der Waals surface area (Å²) in [4.78, 5) is 18.6. The highest BCUT2D eigenvalue weighted by Gasteiger charge is 2.24. The minimum Gasteiger partial charge on any atom is -0.354 e. The molecule has 0 bridgehead atoms. The number of halogens is 1. The number of hydrogen-bond acceptors (Lipinski definition) is 3. The van der Waals surface area contributed by atoms with Crippen molar-refractivity contribution in [2.45, 2.75) is 25.3 Å². The van der Waals surface area contributed by atoms with Crippen molar-refractivity contribution in [1.82, 2.24) is 15.2 Å². The van der Waals surface area contributed by atoms with E-state index in [1.54, 1.807) is 12.4 Å². The lowest BCUT2D eigenvalue weighted by Gasteiger charge is -2.28. The van der Waals surface area contributed by atoms with Crippen LogP contribution in [-0.2, 0) is 11.2 Å². The summed E-state index contributed by atoms with van der Waals surface area (Å²) in [7, 11) is 0. The topological polar surface area (TPSA) is 45.2 Å². The third-order valence-corrected chi connectivity index (χ3v) is 4.42. The van der Waals surface area contributed by atoms with Crippen LogP contribution in [0.5, 0.6) is 0 Å². The number of likely N-dealkylation sites (tertiary alicyclic amines) is 1. The number of hydrogen-bond donors (Lipinski definition) is 1. The number of aromatic nitrogens is 1. The molecule has 2 aromatic rings. The van der Waals surface area contributed by atoms with Gasteiger partial charge in [-0.3, -0.25) is 14.7 Å². The van der Waals surface area contributed by atoms with E-state index in [4.69, 9.17) is 0 Å². The van der Waals surface area contributed by atoms with Crippen molar-refractivity contribution < 1.29 is 9.18 Å². The van der Waals surface area contributed by atoms with Crippen molar-refractivity contribution >= 4 is 5.91 Å². The van der Waals surface area contributed by atoms with Crippen LogP contribution in [0, 0.1) is 5.82 Å². The molecule has 24 heavy (non-hydrogen) atoms. The van der Waals surface area contributed by atoms with Crippen LogP contribution < -0.4 is 5.32 Å². The summed E-state index contributed by atoms with van der Waals surface area (Å²) in [6, 6.07) is 10.4. The minimum absolute atomic E-state index is 0.0192. The van der Waals surface area contributed by atoms with Gasteiger partial charge in [0.1, 0.15) is 5.82 Å². The van der Waals surface area contributed by atoms with Crippen molar-refractivity contribution in [3.63, 3.8) is 0 Å². The van der Waals surface area contributed by atoms with Crippen LogP contribution in [0.25, 0.3) is 0 Å². The van der Waals surface area contributed by atoms with E-state index in [9.17, 15) is 9.18 Å². The molecule has 1 aliphatic heterocycles. The van der Waals surface area contributed by atoms with Gasteiger partial charge in [-0.05, 0) is 55.3 Å². The van der Waals surface area contributed by atoms with E-state index in [-0.39, 0.29) is 17.8 Å². The Kier molecular flexibility index (Phi) is 5.54. The Bertz CT molecular complexity index is 654. The molecule has 1 aliphatic rings. The average molecular weight is 327 g/mol. The SMILES string of the molecule is O=C(Cc1cccnc1)NCC(c1ccc(F)cc1)N1CCCC1. The molecule has 1 fully saturated rings. The molecule has 4 nitrogen and oxygen atoms in total. The molecule has 2 heterocycles.